The number of aromatic nitrogens is 1. The Morgan fingerprint density at radius 2 is 2.09 bits per heavy atom. The summed E-state index contributed by atoms with van der Waals surface area (Å²) in [5, 5.41) is 2.96. The molecule has 0 spiro atoms. The highest BCUT2D eigenvalue weighted by atomic mass is 16.5. The summed E-state index contributed by atoms with van der Waals surface area (Å²) in [6, 6.07) is 9.78. The maximum absolute atomic E-state index is 12.4. The normalized spacial score (nSPS) is 13.0. The van der Waals surface area contributed by atoms with Crippen LogP contribution in [-0.2, 0) is 19.4 Å². The van der Waals surface area contributed by atoms with Gasteiger partial charge in [-0.05, 0) is 62.4 Å². The van der Waals surface area contributed by atoms with Crippen molar-refractivity contribution in [3.63, 3.8) is 0 Å². The van der Waals surface area contributed by atoms with Crippen LogP contribution in [0.5, 0.6) is 5.88 Å². The largest absolute Gasteiger partial charge is 0.475 e. The number of carbonyl (C=O) groups is 1. The third-order valence-electron chi connectivity index (χ3n) is 4.00. The van der Waals surface area contributed by atoms with E-state index in [-0.39, 0.29) is 12.0 Å². The van der Waals surface area contributed by atoms with Gasteiger partial charge in [0.05, 0.1) is 6.10 Å². The second-order valence-corrected chi connectivity index (χ2v) is 6.15. The van der Waals surface area contributed by atoms with Gasteiger partial charge in [0, 0.05) is 23.9 Å². The molecule has 1 aromatic heterocycles. The summed E-state index contributed by atoms with van der Waals surface area (Å²) < 4.78 is 5.68. The number of ether oxygens (including phenoxy) is 1. The molecule has 0 bridgehead atoms. The number of nitrogens with zero attached hydrogens (tertiary/aromatic N) is 1. The maximum Gasteiger partial charge on any atom is 0.251 e. The minimum Gasteiger partial charge on any atom is -0.475 e. The highest BCUT2D eigenvalue weighted by Crippen LogP contribution is 2.23. The third kappa shape index (κ3) is 3.70. The van der Waals surface area contributed by atoms with Gasteiger partial charge in [-0.1, -0.05) is 12.1 Å². The molecule has 0 saturated heterocycles. The first-order chi connectivity index (χ1) is 11.1. The Morgan fingerprint density at radius 1 is 1.26 bits per heavy atom. The number of pyridine rings is 1. The average molecular weight is 310 g/mol. The van der Waals surface area contributed by atoms with Crippen LogP contribution in [0.1, 0.15) is 47.3 Å². The number of fused-ring (bicyclic) bond motifs is 1. The quantitative estimate of drug-likeness (QED) is 0.922. The Balaban J connectivity index is 1.67. The Labute approximate surface area is 136 Å². The van der Waals surface area contributed by atoms with Crippen LogP contribution in [0.3, 0.4) is 0 Å². The van der Waals surface area contributed by atoms with Crippen molar-refractivity contribution < 1.29 is 9.53 Å². The lowest BCUT2D eigenvalue weighted by Crippen LogP contribution is -2.23. The van der Waals surface area contributed by atoms with Crippen LogP contribution in [0.25, 0.3) is 0 Å². The van der Waals surface area contributed by atoms with Gasteiger partial charge in [-0.3, -0.25) is 4.79 Å². The fraction of sp³-hybridized carbons (Fsp3) is 0.368. The molecule has 1 N–H and O–H groups in total. The van der Waals surface area contributed by atoms with E-state index in [1.54, 1.807) is 6.20 Å². The zero-order chi connectivity index (χ0) is 16.2. The van der Waals surface area contributed by atoms with E-state index < -0.39 is 0 Å². The molecule has 0 saturated carbocycles. The molecule has 1 heterocycles. The van der Waals surface area contributed by atoms with Crippen molar-refractivity contribution in [2.45, 2.75) is 45.8 Å². The molecule has 2 aromatic rings. The fourth-order valence-electron chi connectivity index (χ4n) is 2.88. The minimum absolute atomic E-state index is 0.0519. The Hall–Kier alpha value is -2.36. The van der Waals surface area contributed by atoms with Crippen molar-refractivity contribution in [3.05, 3.63) is 58.8 Å². The Kier molecular flexibility index (Phi) is 4.60. The molecule has 1 amide bonds. The summed E-state index contributed by atoms with van der Waals surface area (Å²) in [6.45, 7) is 4.33. The summed E-state index contributed by atoms with van der Waals surface area (Å²) >= 11 is 0. The van der Waals surface area contributed by atoms with Crippen LogP contribution in [0.4, 0.5) is 0 Å². The van der Waals surface area contributed by atoms with Crippen molar-refractivity contribution in [1.82, 2.24) is 10.3 Å². The highest BCUT2D eigenvalue weighted by molar-refractivity contribution is 5.94. The van der Waals surface area contributed by atoms with Crippen LogP contribution in [-0.4, -0.2) is 17.0 Å². The topological polar surface area (TPSA) is 51.2 Å². The monoisotopic (exact) mass is 310 g/mol. The van der Waals surface area contributed by atoms with Crippen LogP contribution < -0.4 is 10.1 Å². The first-order valence-electron chi connectivity index (χ1n) is 8.14. The standard InChI is InChI=1S/C19H22N2O2/c1-13(2)23-19-17(7-4-10-20-19)12-21-18(22)16-9-8-14-5-3-6-15(14)11-16/h4,7-11,13H,3,5-6,12H2,1-2H3,(H,21,22). The molecule has 0 atom stereocenters. The third-order valence-corrected chi connectivity index (χ3v) is 4.00. The van der Waals surface area contributed by atoms with E-state index >= 15 is 0 Å². The molecule has 120 valence electrons. The lowest BCUT2D eigenvalue weighted by atomic mass is 10.1. The molecule has 0 radical (unpaired) electrons. The van der Waals surface area contributed by atoms with Gasteiger partial charge in [0.1, 0.15) is 0 Å². The number of aryl methyl sites for hydroxylation is 2. The van der Waals surface area contributed by atoms with Crippen molar-refractivity contribution in [1.29, 1.82) is 0 Å². The van der Waals surface area contributed by atoms with Crippen LogP contribution in [0, 0.1) is 0 Å². The van der Waals surface area contributed by atoms with E-state index in [1.807, 2.05) is 38.1 Å². The van der Waals surface area contributed by atoms with E-state index in [2.05, 4.69) is 16.4 Å². The van der Waals surface area contributed by atoms with Gasteiger partial charge in [-0.2, -0.15) is 0 Å². The van der Waals surface area contributed by atoms with Gasteiger partial charge >= 0.3 is 0 Å². The van der Waals surface area contributed by atoms with Gasteiger partial charge in [0.15, 0.2) is 0 Å². The van der Waals surface area contributed by atoms with Gasteiger partial charge in [0.25, 0.3) is 5.91 Å². The second kappa shape index (κ2) is 6.82. The predicted octanol–water partition coefficient (Wildman–Crippen LogP) is 3.29. The van der Waals surface area contributed by atoms with Crippen molar-refractivity contribution in [3.8, 4) is 5.88 Å². The van der Waals surface area contributed by atoms with Gasteiger partial charge in [-0.15, -0.1) is 0 Å². The molecule has 4 heteroatoms. The number of carbonyl (C=O) groups excluding carboxylic acids is 1. The van der Waals surface area contributed by atoms with Gasteiger partial charge in [-0.25, -0.2) is 4.98 Å². The van der Waals surface area contributed by atoms with E-state index in [1.165, 1.54) is 17.5 Å². The maximum atomic E-state index is 12.4. The van der Waals surface area contributed by atoms with E-state index in [4.69, 9.17) is 4.74 Å². The van der Waals surface area contributed by atoms with Gasteiger partial charge < -0.3 is 10.1 Å². The summed E-state index contributed by atoms with van der Waals surface area (Å²) in [6.07, 6.45) is 5.14. The van der Waals surface area contributed by atoms with Gasteiger partial charge in [0.2, 0.25) is 5.88 Å². The molecular formula is C19H22N2O2. The van der Waals surface area contributed by atoms with Crippen molar-refractivity contribution in [2.24, 2.45) is 0 Å². The first-order valence-corrected chi connectivity index (χ1v) is 8.14. The van der Waals surface area contributed by atoms with E-state index in [9.17, 15) is 4.79 Å². The molecule has 23 heavy (non-hydrogen) atoms. The SMILES string of the molecule is CC(C)Oc1ncccc1CNC(=O)c1ccc2c(c1)CCC2. The minimum atomic E-state index is -0.0564. The number of benzene rings is 1. The fourth-order valence-corrected chi connectivity index (χ4v) is 2.88. The summed E-state index contributed by atoms with van der Waals surface area (Å²) in [7, 11) is 0. The summed E-state index contributed by atoms with van der Waals surface area (Å²) in [5.41, 5.74) is 4.29. The summed E-state index contributed by atoms with van der Waals surface area (Å²) in [5.74, 6) is 0.524. The molecular weight excluding hydrogens is 288 g/mol. The molecule has 0 aliphatic heterocycles. The number of amides is 1. The number of rotatable bonds is 5. The second-order valence-electron chi connectivity index (χ2n) is 6.15. The molecule has 0 fully saturated rings. The molecule has 1 aliphatic rings. The predicted molar refractivity (Wildman–Crippen MR) is 89.6 cm³/mol. The van der Waals surface area contributed by atoms with E-state index in [0.717, 1.165) is 24.0 Å². The van der Waals surface area contributed by atoms with Crippen molar-refractivity contribution >= 4 is 5.91 Å². The smallest absolute Gasteiger partial charge is 0.251 e. The molecule has 1 aromatic carbocycles. The van der Waals surface area contributed by atoms with Crippen LogP contribution in [0.15, 0.2) is 36.5 Å². The molecule has 0 unspecified atom stereocenters. The van der Waals surface area contributed by atoms with Crippen LogP contribution >= 0.6 is 0 Å². The Morgan fingerprint density at radius 3 is 2.91 bits per heavy atom. The molecule has 4 nitrogen and oxygen atoms in total. The number of nitrogens with one attached hydrogen (secondary N) is 1. The lowest BCUT2D eigenvalue weighted by Gasteiger charge is -2.13. The summed E-state index contributed by atoms with van der Waals surface area (Å²) in [4.78, 5) is 16.6. The zero-order valence-corrected chi connectivity index (χ0v) is 13.6. The van der Waals surface area contributed by atoms with Crippen molar-refractivity contribution in [2.75, 3.05) is 0 Å². The molecule has 1 aliphatic carbocycles. The van der Waals surface area contributed by atoms with Crippen LogP contribution in [0.2, 0.25) is 0 Å². The molecule has 3 rings (SSSR count). The zero-order valence-electron chi connectivity index (χ0n) is 13.6. The number of hydrogen-bond acceptors (Lipinski definition) is 3. The Bertz CT molecular complexity index is 710. The van der Waals surface area contributed by atoms with E-state index in [0.29, 0.717) is 12.4 Å². The first kappa shape index (κ1) is 15.5. The average Bonchev–Trinajstić information content (AvgIpc) is 3.00. The number of hydrogen-bond donors (Lipinski definition) is 1. The lowest BCUT2D eigenvalue weighted by molar-refractivity contribution is 0.0950. The highest BCUT2D eigenvalue weighted by Gasteiger charge is 2.14.